The fourth-order valence-electron chi connectivity index (χ4n) is 4.35. The molecule has 3 aliphatic rings. The van der Waals surface area contributed by atoms with Crippen LogP contribution in [0.5, 0.6) is 5.75 Å². The molecule has 0 spiro atoms. The molecular formula is C18H19NaO5S. The molecule has 3 atom stereocenters. The predicted molar refractivity (Wildman–Crippen MR) is 86.4 cm³/mol. The Bertz CT molecular complexity index is 1040. The Labute approximate surface area is 175 Å². The van der Waals surface area contributed by atoms with Crippen LogP contribution >= 0.6 is 0 Å². The standard InChI is InChI=1S/C18H20O5S.Na/c1-18-9-8-14-13-5-3-12(23-24(20,21)22)10-11(13)2-4-15(14)16(18)6-7-17(18)19;/h3-5,10,14,16H,2,6-9H2,1H3,(H,20,21,22);/q;+1/p-1/t14-,16+,18+;/m0./s1/i3D,7D2,10D;. The minimum absolute atomic E-state index is 0. The fourth-order valence-corrected chi connectivity index (χ4v) is 4.64. The average Bonchev–Trinajstić information content (AvgIpc) is 2.77. The van der Waals surface area contributed by atoms with Crippen molar-refractivity contribution >= 4 is 16.2 Å². The van der Waals surface area contributed by atoms with Gasteiger partial charge in [-0.1, -0.05) is 24.6 Å². The molecule has 0 saturated heterocycles. The summed E-state index contributed by atoms with van der Waals surface area (Å²) in [5, 5.41) is 0. The topological polar surface area (TPSA) is 83.5 Å². The largest absolute Gasteiger partial charge is 1.00 e. The van der Waals surface area contributed by atoms with E-state index in [2.05, 4.69) is 4.18 Å². The third kappa shape index (κ3) is 3.23. The van der Waals surface area contributed by atoms with Gasteiger partial charge in [0.05, 0.1) is 2.74 Å². The average molecular weight is 374 g/mol. The summed E-state index contributed by atoms with van der Waals surface area (Å²) >= 11 is 0. The van der Waals surface area contributed by atoms with Gasteiger partial charge in [0.1, 0.15) is 11.5 Å². The smallest absolute Gasteiger partial charge is 0.716 e. The molecule has 1 aromatic carbocycles. The van der Waals surface area contributed by atoms with Gasteiger partial charge in [-0.3, -0.25) is 4.79 Å². The van der Waals surface area contributed by atoms with Gasteiger partial charge in [0.2, 0.25) is 0 Å². The molecule has 0 N–H and O–H groups in total. The van der Waals surface area contributed by atoms with Gasteiger partial charge >= 0.3 is 29.6 Å². The number of hydrogen-bond donors (Lipinski definition) is 0. The molecule has 0 radical (unpaired) electrons. The molecule has 2 fully saturated rings. The summed E-state index contributed by atoms with van der Waals surface area (Å²) in [6.07, 6.45) is 1.51. The number of rotatable bonds is 2. The van der Waals surface area contributed by atoms with Gasteiger partial charge in [-0.05, 0) is 54.8 Å². The van der Waals surface area contributed by atoms with Crippen molar-refractivity contribution in [2.24, 2.45) is 11.3 Å². The van der Waals surface area contributed by atoms with Crippen LogP contribution in [0.25, 0.3) is 0 Å². The minimum atomic E-state index is -5.10. The summed E-state index contributed by atoms with van der Waals surface area (Å²) in [4.78, 5) is 12.6. The van der Waals surface area contributed by atoms with Crippen LogP contribution < -0.4 is 33.7 Å². The summed E-state index contributed by atoms with van der Waals surface area (Å²) in [5.41, 5.74) is 1.40. The summed E-state index contributed by atoms with van der Waals surface area (Å²) in [6.45, 7) is 1.82. The number of allylic oxidation sites excluding steroid dienone is 2. The fraction of sp³-hybridized carbons (Fsp3) is 0.500. The third-order valence-electron chi connectivity index (χ3n) is 5.59. The zero-order chi connectivity index (χ0) is 20.6. The van der Waals surface area contributed by atoms with Crippen LogP contribution in [0.4, 0.5) is 0 Å². The van der Waals surface area contributed by atoms with Gasteiger partial charge in [-0.25, -0.2) is 8.42 Å². The van der Waals surface area contributed by atoms with Crippen LogP contribution in [0.1, 0.15) is 55.1 Å². The first-order valence-electron chi connectivity index (χ1n) is 9.88. The first-order valence-corrected chi connectivity index (χ1v) is 9.21. The molecule has 1 aromatic rings. The summed E-state index contributed by atoms with van der Waals surface area (Å²) < 4.78 is 69.5. The number of hydrogen-bond acceptors (Lipinski definition) is 5. The van der Waals surface area contributed by atoms with Crippen LogP contribution in [0.15, 0.2) is 29.8 Å². The van der Waals surface area contributed by atoms with E-state index >= 15 is 0 Å². The van der Waals surface area contributed by atoms with Gasteiger partial charge in [0.25, 0.3) is 10.4 Å². The molecule has 3 aliphatic carbocycles. The molecular weight excluding hydrogens is 351 g/mol. The van der Waals surface area contributed by atoms with E-state index < -0.39 is 27.9 Å². The Morgan fingerprint density at radius 1 is 1.44 bits per heavy atom. The van der Waals surface area contributed by atoms with Crippen LogP contribution in [-0.4, -0.2) is 18.8 Å². The van der Waals surface area contributed by atoms with Crippen LogP contribution in [-0.2, 0) is 21.6 Å². The van der Waals surface area contributed by atoms with Crippen molar-refractivity contribution < 1.29 is 57.0 Å². The Morgan fingerprint density at radius 2 is 2.20 bits per heavy atom. The van der Waals surface area contributed by atoms with Crippen LogP contribution in [0.2, 0.25) is 0 Å². The maximum absolute atomic E-state index is 12.6. The van der Waals surface area contributed by atoms with E-state index in [1.54, 1.807) is 0 Å². The Balaban J connectivity index is 0.00000240. The zero-order valence-corrected chi connectivity index (χ0v) is 16.9. The van der Waals surface area contributed by atoms with Gasteiger partial charge in [0, 0.05) is 20.4 Å². The second-order valence-electron chi connectivity index (χ2n) is 6.85. The monoisotopic (exact) mass is 374 g/mol. The van der Waals surface area contributed by atoms with Crippen molar-refractivity contribution in [3.8, 4) is 5.75 Å². The summed E-state index contributed by atoms with van der Waals surface area (Å²) in [5.74, 6) is -1.32. The first-order chi connectivity index (χ1) is 12.8. The van der Waals surface area contributed by atoms with Gasteiger partial charge < -0.3 is 8.74 Å². The third-order valence-corrected chi connectivity index (χ3v) is 5.96. The Hall–Kier alpha value is -0.660. The number of carbonyl (C=O) groups is 1. The Morgan fingerprint density at radius 3 is 2.92 bits per heavy atom. The van der Waals surface area contributed by atoms with Crippen molar-refractivity contribution in [1.29, 1.82) is 0 Å². The van der Waals surface area contributed by atoms with Gasteiger partial charge in [-0.2, -0.15) is 0 Å². The number of benzene rings is 1. The van der Waals surface area contributed by atoms with Gasteiger partial charge in [-0.15, -0.1) is 0 Å². The predicted octanol–water partition coefficient (Wildman–Crippen LogP) is -0.125. The molecule has 0 unspecified atom stereocenters. The van der Waals surface area contributed by atoms with Gasteiger partial charge in [0.15, 0.2) is 0 Å². The number of ketones is 1. The maximum Gasteiger partial charge on any atom is 1.00 e. The number of carbonyl (C=O) groups excluding carboxylic acids is 1. The second-order valence-corrected chi connectivity index (χ2v) is 7.83. The summed E-state index contributed by atoms with van der Waals surface area (Å²) in [6, 6.07) is 0.790. The quantitative estimate of drug-likeness (QED) is 0.312. The molecule has 7 heteroatoms. The van der Waals surface area contributed by atoms with Crippen molar-refractivity contribution in [2.45, 2.75) is 44.9 Å². The molecule has 0 aromatic heterocycles. The normalized spacial score (nSPS) is 34.8. The number of fused-ring (bicyclic) bond motifs is 5. The van der Waals surface area contributed by atoms with E-state index in [1.165, 1.54) is 6.07 Å². The zero-order valence-electron chi connectivity index (χ0n) is 18.1. The molecule has 25 heavy (non-hydrogen) atoms. The van der Waals surface area contributed by atoms with Crippen molar-refractivity contribution in [2.75, 3.05) is 0 Å². The van der Waals surface area contributed by atoms with Crippen LogP contribution in [0.3, 0.4) is 0 Å². The van der Waals surface area contributed by atoms with E-state index in [0.29, 0.717) is 24.0 Å². The van der Waals surface area contributed by atoms with E-state index in [4.69, 9.17) is 5.48 Å². The maximum atomic E-state index is 12.6. The second kappa shape index (κ2) is 6.50. The van der Waals surface area contributed by atoms with Crippen molar-refractivity contribution in [3.63, 3.8) is 0 Å². The molecule has 0 heterocycles. The van der Waals surface area contributed by atoms with Crippen LogP contribution in [0, 0.1) is 11.3 Å². The van der Waals surface area contributed by atoms with E-state index in [9.17, 15) is 17.8 Å². The molecule has 0 bridgehead atoms. The van der Waals surface area contributed by atoms with Crippen molar-refractivity contribution in [3.05, 3.63) is 40.9 Å². The van der Waals surface area contributed by atoms with E-state index in [-0.39, 0.29) is 72.1 Å². The minimum Gasteiger partial charge on any atom is -0.716 e. The molecule has 2 saturated carbocycles. The molecule has 128 valence electrons. The molecule has 0 amide bonds. The molecule has 4 rings (SSSR count). The Kier molecular flexibility index (Phi) is 3.74. The van der Waals surface area contributed by atoms with Crippen molar-refractivity contribution in [1.82, 2.24) is 0 Å². The molecule has 5 nitrogen and oxygen atoms in total. The number of Topliss-reactive ketones (excluding diaryl/α,β-unsaturated/α-hetero) is 1. The molecule has 0 aliphatic heterocycles. The SMILES string of the molecule is [2H]c1cc2c(c([2H])c1OS(=O)(=O)[O-])CC=C1[C@H]2CC[C@@]2(C)C(=O)C([2H])([2H])C[C@H]12.[Na+]. The van der Waals surface area contributed by atoms with E-state index in [1.807, 2.05) is 13.0 Å². The summed E-state index contributed by atoms with van der Waals surface area (Å²) in [7, 11) is -5.10. The first kappa shape index (κ1) is 14.4. The van der Waals surface area contributed by atoms with E-state index in [0.717, 1.165) is 5.57 Å².